The monoisotopic (exact) mass is 840 g/mol. The molecule has 13 heteroatoms. The number of ether oxygens (including phenoxy) is 1. The minimum atomic E-state index is -0.993. The molecule has 0 aromatic heterocycles. The van der Waals surface area contributed by atoms with Crippen LogP contribution in [-0.4, -0.2) is 113 Å². The van der Waals surface area contributed by atoms with Gasteiger partial charge in [-0.3, -0.25) is 4.79 Å². The molecule has 336 valence electrons. The molecule has 16 atom stereocenters. The first-order valence-corrected chi connectivity index (χ1v) is 22.6. The average molecular weight is 840 g/mol. The second kappa shape index (κ2) is 16.8. The maximum absolute atomic E-state index is 12.3. The van der Waals surface area contributed by atoms with Crippen molar-refractivity contribution in [1.82, 2.24) is 0 Å². The summed E-state index contributed by atoms with van der Waals surface area (Å²) >= 11 is 0. The van der Waals surface area contributed by atoms with Crippen molar-refractivity contribution in [2.24, 2.45) is 78.6 Å². The number of aliphatic hydroxyl groups is 5. The molecule has 0 aliphatic heterocycles. The van der Waals surface area contributed by atoms with Crippen LogP contribution in [0.2, 0.25) is 0 Å². The van der Waals surface area contributed by atoms with Crippen molar-refractivity contribution in [3.8, 4) is 0 Å². The van der Waals surface area contributed by atoms with Crippen LogP contribution < -0.4 is 0 Å². The molecule has 5 N–H and O–H groups in total. The molecule has 8 aliphatic rings. The van der Waals surface area contributed by atoms with Crippen LogP contribution in [0.5, 0.6) is 0 Å². The van der Waals surface area contributed by atoms with E-state index < -0.39 is 30.0 Å². The summed E-state index contributed by atoms with van der Waals surface area (Å²) in [4.78, 5) is 28.1. The van der Waals surface area contributed by atoms with Gasteiger partial charge in [-0.15, -0.1) is 0 Å². The Balaban J connectivity index is 0.000000185. The molecule has 60 heavy (non-hydrogen) atoms. The highest BCUT2D eigenvalue weighted by Crippen LogP contribution is 2.68. The Bertz CT molecular complexity index is 1800. The molecule has 0 bridgehead atoms. The molecule has 0 amide bonds. The van der Waals surface area contributed by atoms with Crippen LogP contribution in [0.25, 0.3) is 0 Å². The molecule has 2 unspecified atom stereocenters. The van der Waals surface area contributed by atoms with E-state index in [0.29, 0.717) is 62.9 Å². The van der Waals surface area contributed by atoms with Gasteiger partial charge in [-0.2, -0.15) is 0 Å². The third-order valence-electron chi connectivity index (χ3n) is 18.1. The molecule has 0 aromatic rings. The summed E-state index contributed by atoms with van der Waals surface area (Å²) in [6.07, 6.45) is 10.7. The van der Waals surface area contributed by atoms with E-state index in [1.807, 2.05) is 13.0 Å². The molecule has 0 aromatic carbocycles. The third kappa shape index (κ3) is 7.13. The Hall–Kier alpha value is -2.68. The molecular formula is C47H73N3O10. The smallest absolute Gasteiger partial charge is 0.140 e. The zero-order valence-electron chi connectivity index (χ0n) is 37.5. The van der Waals surface area contributed by atoms with Crippen molar-refractivity contribution in [3.63, 3.8) is 0 Å². The summed E-state index contributed by atoms with van der Waals surface area (Å²) in [5.74, 6) is 1.55. The van der Waals surface area contributed by atoms with Crippen molar-refractivity contribution in [2.45, 2.75) is 149 Å². The van der Waals surface area contributed by atoms with E-state index >= 15 is 0 Å². The number of carbonyl (C=O) groups excluding carboxylic acids is 1. The highest BCUT2D eigenvalue weighted by atomic mass is 16.6. The lowest BCUT2D eigenvalue weighted by Gasteiger charge is -2.60. The van der Waals surface area contributed by atoms with Crippen LogP contribution in [0.15, 0.2) is 38.8 Å². The van der Waals surface area contributed by atoms with Gasteiger partial charge in [0.15, 0.2) is 0 Å². The van der Waals surface area contributed by atoms with Crippen molar-refractivity contribution in [3.05, 3.63) is 23.3 Å². The Morgan fingerprint density at radius 3 is 1.82 bits per heavy atom. The number of allylic oxidation sites excluding steroid dienone is 3. The van der Waals surface area contributed by atoms with Gasteiger partial charge >= 0.3 is 0 Å². The molecule has 6 saturated carbocycles. The molecular weight excluding hydrogens is 767 g/mol. The zero-order valence-corrected chi connectivity index (χ0v) is 37.5. The summed E-state index contributed by atoms with van der Waals surface area (Å²) < 4.78 is 5.03. The maximum atomic E-state index is 12.3. The fourth-order valence-electron chi connectivity index (χ4n) is 14.9. The summed E-state index contributed by atoms with van der Waals surface area (Å²) in [7, 11) is 4.72. The first-order valence-electron chi connectivity index (χ1n) is 22.6. The van der Waals surface area contributed by atoms with Crippen LogP contribution in [0.1, 0.15) is 119 Å². The van der Waals surface area contributed by atoms with Gasteiger partial charge in [0.2, 0.25) is 0 Å². The van der Waals surface area contributed by atoms with Gasteiger partial charge in [0.05, 0.1) is 53.8 Å². The number of carbonyl (C=O) groups is 1. The SMILES string of the molecule is CO/N=C1\C=C2C(CC[C@]3(C)[C@@H](C(C)=O)CC[C@@H]23)[C@@]2(C)C[C@H](O)[C@H](O)C[C@@H]12.COCCON=C(C)[C@H]1CC[C@@]2(O)C3=C/C(=N\OC)[C@@H]4C[C@@H](O)[C@@H](O)C[C@]4(C)C3CC[C@]12C. The summed E-state index contributed by atoms with van der Waals surface area (Å²) in [6, 6.07) is 0. The Labute approximate surface area is 356 Å². The van der Waals surface area contributed by atoms with Crippen LogP contribution in [0.4, 0.5) is 0 Å². The standard InChI is InChI=1S/C25H40N2O6.C22H33NO4/c1-15(26-33-11-10-31-4)16-7-9-25(30)18-12-20(27-32-5)19-13-21(28)22(29)14-23(19,2)17(18)6-8-24(16,25)3;1-12(24)14-5-6-15-13-9-18(23-27-4)17-10-19(25)20(26)11-22(17,3)16(13)7-8-21(14,15)2/h12,16-17,19,21-22,28-30H,6-11,13-14H2,1-5H3;9,14-17,19-20,25-26H,5-8,10-11H2,1-4H3/b26-15?,27-20+;23-18+/t16-,17?,19+,21-,22+,23-,24-,25-;14-,15+,16?,17+,19-,20+,21-,22-/m11/s1. The second-order valence-electron chi connectivity index (χ2n) is 20.8. The number of oxime groups is 3. The van der Waals surface area contributed by atoms with Gasteiger partial charge in [-0.05, 0) is 143 Å². The molecule has 0 radical (unpaired) electrons. The topological polar surface area (TPSA) is 192 Å². The van der Waals surface area contributed by atoms with Gasteiger partial charge in [-0.1, -0.05) is 48.7 Å². The summed E-state index contributed by atoms with van der Waals surface area (Å²) in [6.45, 7) is 13.5. The molecule has 0 heterocycles. The predicted octanol–water partition coefficient (Wildman–Crippen LogP) is 5.76. The number of aliphatic hydroxyl groups excluding tert-OH is 4. The zero-order chi connectivity index (χ0) is 43.6. The largest absolute Gasteiger partial charge is 0.399 e. The highest BCUT2D eigenvalue weighted by Gasteiger charge is 2.67. The first-order chi connectivity index (χ1) is 28.3. The number of rotatable bonds is 8. The molecule has 13 nitrogen and oxygen atoms in total. The lowest BCUT2D eigenvalue weighted by Crippen LogP contribution is -2.61. The highest BCUT2D eigenvalue weighted by molar-refractivity contribution is 6.00. The minimum absolute atomic E-state index is 0.0211. The van der Waals surface area contributed by atoms with Crippen molar-refractivity contribution >= 4 is 22.9 Å². The van der Waals surface area contributed by atoms with E-state index in [-0.39, 0.29) is 51.2 Å². The van der Waals surface area contributed by atoms with Crippen molar-refractivity contribution < 1.29 is 49.6 Å². The van der Waals surface area contributed by atoms with Crippen LogP contribution in [0.3, 0.4) is 0 Å². The number of nitrogens with zero attached hydrogens (tertiary/aromatic N) is 3. The average Bonchev–Trinajstić information content (AvgIpc) is 3.69. The molecule has 0 saturated heterocycles. The number of hydrogen-bond acceptors (Lipinski definition) is 13. The number of Topliss-reactive ketones (excluding diaryl/α,β-unsaturated/α-hetero) is 1. The summed E-state index contributed by atoms with van der Waals surface area (Å²) in [5.41, 5.74) is 3.20. The van der Waals surface area contributed by atoms with E-state index in [9.17, 15) is 30.3 Å². The Morgan fingerprint density at radius 1 is 0.667 bits per heavy atom. The van der Waals surface area contributed by atoms with Crippen molar-refractivity contribution in [2.75, 3.05) is 34.5 Å². The normalized spacial score (nSPS) is 48.2. The van der Waals surface area contributed by atoms with Gasteiger partial charge in [0.25, 0.3) is 0 Å². The summed E-state index contributed by atoms with van der Waals surface area (Å²) in [5, 5.41) is 67.1. The molecule has 0 spiro atoms. The number of fused-ring (bicyclic) bond motifs is 10. The quantitative estimate of drug-likeness (QED) is 0.114. The number of ketones is 1. The van der Waals surface area contributed by atoms with Crippen LogP contribution in [-0.2, 0) is 24.0 Å². The predicted molar refractivity (Wildman–Crippen MR) is 228 cm³/mol. The third-order valence-corrected chi connectivity index (χ3v) is 18.1. The van der Waals surface area contributed by atoms with Gasteiger partial charge < -0.3 is 44.8 Å². The van der Waals surface area contributed by atoms with E-state index in [1.54, 1.807) is 21.1 Å². The molecule has 6 fully saturated rings. The molecule has 8 rings (SSSR count). The van der Waals surface area contributed by atoms with E-state index in [2.05, 4.69) is 49.2 Å². The fourth-order valence-corrected chi connectivity index (χ4v) is 14.9. The lowest BCUT2D eigenvalue weighted by molar-refractivity contribution is -0.125. The number of hydrogen-bond donors (Lipinski definition) is 5. The second-order valence-corrected chi connectivity index (χ2v) is 20.8. The Kier molecular flexibility index (Phi) is 12.7. The minimum Gasteiger partial charge on any atom is -0.399 e. The van der Waals surface area contributed by atoms with Gasteiger partial charge in [-0.25, -0.2) is 0 Å². The van der Waals surface area contributed by atoms with E-state index in [4.69, 9.17) is 19.2 Å². The van der Waals surface area contributed by atoms with Crippen LogP contribution in [0, 0.1) is 63.1 Å². The van der Waals surface area contributed by atoms with Gasteiger partial charge in [0.1, 0.15) is 26.6 Å². The van der Waals surface area contributed by atoms with Crippen LogP contribution >= 0.6 is 0 Å². The maximum Gasteiger partial charge on any atom is 0.140 e. The van der Waals surface area contributed by atoms with Gasteiger partial charge in [0, 0.05) is 36.2 Å². The molecule has 8 aliphatic carbocycles. The first kappa shape index (κ1) is 45.3. The van der Waals surface area contributed by atoms with E-state index in [1.165, 1.54) is 12.7 Å². The van der Waals surface area contributed by atoms with Crippen molar-refractivity contribution in [1.29, 1.82) is 0 Å². The lowest BCUT2D eigenvalue weighted by atomic mass is 9.46. The number of methoxy groups -OCH3 is 1. The van der Waals surface area contributed by atoms with E-state index in [0.717, 1.165) is 67.7 Å². The fraction of sp³-hybridized carbons (Fsp3) is 0.830. The Morgan fingerprint density at radius 2 is 1.23 bits per heavy atom.